The second-order valence-corrected chi connectivity index (χ2v) is 7.90. The number of hydrogen-bond donors (Lipinski definition) is 3. The number of likely N-dealkylation sites (N-methyl/N-ethyl adjacent to an activating group) is 2. The highest BCUT2D eigenvalue weighted by Gasteiger charge is 2.34. The Morgan fingerprint density at radius 3 is 2.90 bits per heavy atom. The van der Waals surface area contributed by atoms with Gasteiger partial charge in [-0.2, -0.15) is 5.10 Å². The van der Waals surface area contributed by atoms with Crippen LogP contribution in [0.1, 0.15) is 21.7 Å². The van der Waals surface area contributed by atoms with Crippen molar-refractivity contribution in [1.29, 1.82) is 0 Å². The van der Waals surface area contributed by atoms with Gasteiger partial charge in [-0.05, 0) is 25.2 Å². The van der Waals surface area contributed by atoms with Crippen molar-refractivity contribution in [1.82, 2.24) is 24.9 Å². The molecule has 0 radical (unpaired) electrons. The number of amides is 1. The van der Waals surface area contributed by atoms with Crippen molar-refractivity contribution in [2.75, 3.05) is 32.5 Å². The molecule has 1 aromatic heterocycles. The van der Waals surface area contributed by atoms with Crippen LogP contribution in [-0.4, -0.2) is 70.2 Å². The van der Waals surface area contributed by atoms with Crippen molar-refractivity contribution >= 4 is 23.2 Å². The number of nitrogens with one attached hydrogen (secondary N) is 2. The second kappa shape index (κ2) is 7.91. The Bertz CT molecular complexity index is 936. The van der Waals surface area contributed by atoms with Crippen LogP contribution in [0.4, 0.5) is 10.1 Å². The fourth-order valence-electron chi connectivity index (χ4n) is 3.90. The fourth-order valence-corrected chi connectivity index (χ4v) is 4.08. The third-order valence-corrected chi connectivity index (χ3v) is 5.83. The topological polar surface area (TPSA) is 85.7 Å². The van der Waals surface area contributed by atoms with Crippen molar-refractivity contribution in [2.24, 2.45) is 0 Å². The van der Waals surface area contributed by atoms with E-state index in [1.165, 1.54) is 18.2 Å². The van der Waals surface area contributed by atoms with E-state index in [1.807, 2.05) is 11.9 Å². The lowest BCUT2D eigenvalue weighted by molar-refractivity contribution is 0.0159. The molecular weight excluding hydrogens is 399 g/mol. The quantitative estimate of drug-likeness (QED) is 0.640. The molecule has 0 bridgehead atoms. The third kappa shape index (κ3) is 3.83. The number of anilines is 1. The summed E-state index contributed by atoms with van der Waals surface area (Å²) in [5.41, 5.74) is 2.84. The van der Waals surface area contributed by atoms with Crippen molar-refractivity contribution in [2.45, 2.75) is 31.9 Å². The molecule has 0 aliphatic carbocycles. The SMILES string of the molecule is CNC1CN(C)C(=O)c2c3c(nn2C1)CCN(C(O)Nc1ccc(F)c(Cl)c1)C3. The summed E-state index contributed by atoms with van der Waals surface area (Å²) in [6, 6.07) is 4.31. The number of fused-ring (bicyclic) bond motifs is 3. The molecule has 2 aliphatic rings. The predicted octanol–water partition coefficient (Wildman–Crippen LogP) is 1.10. The number of aromatic nitrogens is 2. The predicted molar refractivity (Wildman–Crippen MR) is 107 cm³/mol. The van der Waals surface area contributed by atoms with Gasteiger partial charge in [0.1, 0.15) is 11.5 Å². The summed E-state index contributed by atoms with van der Waals surface area (Å²) in [6.07, 6.45) is -0.386. The van der Waals surface area contributed by atoms with Crippen LogP contribution in [0.5, 0.6) is 0 Å². The molecule has 1 aromatic carbocycles. The Hall–Kier alpha value is -2.20. The lowest BCUT2D eigenvalue weighted by atomic mass is 10.0. The van der Waals surface area contributed by atoms with Crippen LogP contribution < -0.4 is 10.6 Å². The third-order valence-electron chi connectivity index (χ3n) is 5.54. The smallest absolute Gasteiger partial charge is 0.272 e. The van der Waals surface area contributed by atoms with Gasteiger partial charge in [0.15, 0.2) is 6.35 Å². The van der Waals surface area contributed by atoms with Crippen LogP contribution in [0.3, 0.4) is 0 Å². The van der Waals surface area contributed by atoms with Crippen molar-refractivity contribution in [3.05, 3.63) is 46.0 Å². The number of aliphatic hydroxyl groups is 1. The molecule has 3 heterocycles. The monoisotopic (exact) mass is 422 g/mol. The van der Waals surface area contributed by atoms with Gasteiger partial charge in [-0.25, -0.2) is 4.39 Å². The summed E-state index contributed by atoms with van der Waals surface area (Å²) in [6.45, 7) is 2.18. The maximum Gasteiger partial charge on any atom is 0.272 e. The molecule has 1 amide bonds. The van der Waals surface area contributed by atoms with E-state index < -0.39 is 12.2 Å². The van der Waals surface area contributed by atoms with Gasteiger partial charge in [-0.1, -0.05) is 11.6 Å². The number of halogens is 2. The molecule has 156 valence electrons. The molecule has 0 saturated heterocycles. The molecule has 2 aromatic rings. The number of aliphatic hydroxyl groups excluding tert-OH is 1. The highest BCUT2D eigenvalue weighted by atomic mass is 35.5. The summed E-state index contributed by atoms with van der Waals surface area (Å²) in [5.74, 6) is -0.578. The number of benzene rings is 1. The highest BCUT2D eigenvalue weighted by Crippen LogP contribution is 2.27. The first kappa shape index (κ1) is 20.1. The average Bonchev–Trinajstić information content (AvgIpc) is 3.00. The minimum absolute atomic E-state index is 0.0159. The van der Waals surface area contributed by atoms with Gasteiger partial charge in [0.05, 0.1) is 17.3 Å². The Morgan fingerprint density at radius 2 is 2.17 bits per heavy atom. The summed E-state index contributed by atoms with van der Waals surface area (Å²) in [7, 11) is 3.67. The van der Waals surface area contributed by atoms with Crippen molar-refractivity contribution < 1.29 is 14.3 Å². The zero-order valence-corrected chi connectivity index (χ0v) is 17.1. The van der Waals surface area contributed by atoms with E-state index in [0.717, 1.165) is 11.3 Å². The first-order chi connectivity index (χ1) is 13.9. The van der Waals surface area contributed by atoms with Crippen LogP contribution in [0, 0.1) is 5.82 Å². The van der Waals surface area contributed by atoms with Gasteiger partial charge in [0.2, 0.25) is 0 Å². The minimum Gasteiger partial charge on any atom is -0.361 e. The molecule has 2 aliphatic heterocycles. The largest absolute Gasteiger partial charge is 0.361 e. The molecule has 10 heteroatoms. The van der Waals surface area contributed by atoms with Gasteiger partial charge < -0.3 is 20.6 Å². The number of carbonyl (C=O) groups is 1. The standard InChI is InChI=1S/C19H24ClFN6O2/c1-22-12-8-25(2)18(28)17-13-10-26(6-5-16(13)24-27(17)9-12)19(29)23-11-3-4-15(21)14(20)7-11/h3-4,7,12,19,22-23,29H,5-6,8-10H2,1-2H3. The highest BCUT2D eigenvalue weighted by molar-refractivity contribution is 6.31. The van der Waals surface area contributed by atoms with Gasteiger partial charge in [-0.3, -0.25) is 14.4 Å². The summed E-state index contributed by atoms with van der Waals surface area (Å²) in [4.78, 5) is 16.5. The van der Waals surface area contributed by atoms with Crippen LogP contribution >= 0.6 is 11.6 Å². The van der Waals surface area contributed by atoms with E-state index in [0.29, 0.717) is 44.0 Å². The molecular formula is C19H24ClFN6O2. The molecule has 3 N–H and O–H groups in total. The second-order valence-electron chi connectivity index (χ2n) is 7.49. The number of nitrogens with zero attached hydrogens (tertiary/aromatic N) is 4. The summed E-state index contributed by atoms with van der Waals surface area (Å²) in [5, 5.41) is 21.5. The van der Waals surface area contributed by atoms with Gasteiger partial charge >= 0.3 is 0 Å². The van der Waals surface area contributed by atoms with E-state index in [1.54, 1.807) is 16.6 Å². The fraction of sp³-hybridized carbons (Fsp3) is 0.474. The average molecular weight is 423 g/mol. The molecule has 0 spiro atoms. The normalized spacial score (nSPS) is 20.8. The lowest BCUT2D eigenvalue weighted by Crippen LogP contribution is -2.44. The Balaban J connectivity index is 1.56. The lowest BCUT2D eigenvalue weighted by Gasteiger charge is -2.32. The van der Waals surface area contributed by atoms with E-state index in [-0.39, 0.29) is 17.0 Å². The van der Waals surface area contributed by atoms with Gasteiger partial charge in [0.25, 0.3) is 5.91 Å². The molecule has 2 unspecified atom stereocenters. The maximum atomic E-state index is 13.4. The number of hydrogen-bond acceptors (Lipinski definition) is 6. The van der Waals surface area contributed by atoms with Crippen LogP contribution in [0.15, 0.2) is 18.2 Å². The molecule has 0 saturated carbocycles. The zero-order valence-electron chi connectivity index (χ0n) is 16.3. The molecule has 0 fully saturated rings. The van der Waals surface area contributed by atoms with Gasteiger partial charge in [-0.15, -0.1) is 0 Å². The van der Waals surface area contributed by atoms with Crippen LogP contribution in [-0.2, 0) is 19.5 Å². The number of carbonyl (C=O) groups excluding carboxylic acids is 1. The van der Waals surface area contributed by atoms with Crippen LogP contribution in [0.2, 0.25) is 5.02 Å². The Kier molecular flexibility index (Phi) is 5.48. The first-order valence-corrected chi connectivity index (χ1v) is 9.90. The molecule has 8 nitrogen and oxygen atoms in total. The minimum atomic E-state index is -1.01. The van der Waals surface area contributed by atoms with E-state index in [4.69, 9.17) is 11.6 Å². The van der Waals surface area contributed by atoms with E-state index in [2.05, 4.69) is 15.7 Å². The zero-order chi connectivity index (χ0) is 20.7. The summed E-state index contributed by atoms with van der Waals surface area (Å²) >= 11 is 5.82. The number of rotatable bonds is 4. The molecule has 2 atom stereocenters. The first-order valence-electron chi connectivity index (χ1n) is 9.52. The van der Waals surface area contributed by atoms with Crippen LogP contribution in [0.25, 0.3) is 0 Å². The van der Waals surface area contributed by atoms with Crippen molar-refractivity contribution in [3.8, 4) is 0 Å². The maximum absolute atomic E-state index is 13.4. The Morgan fingerprint density at radius 1 is 1.38 bits per heavy atom. The van der Waals surface area contributed by atoms with Crippen molar-refractivity contribution in [3.63, 3.8) is 0 Å². The molecule has 4 rings (SSSR count). The summed E-state index contributed by atoms with van der Waals surface area (Å²) < 4.78 is 15.1. The molecule has 29 heavy (non-hydrogen) atoms. The van der Waals surface area contributed by atoms with E-state index in [9.17, 15) is 14.3 Å². The Labute approximate surface area is 173 Å². The van der Waals surface area contributed by atoms with Gasteiger partial charge in [0, 0.05) is 50.4 Å². The van der Waals surface area contributed by atoms with E-state index >= 15 is 0 Å².